The molecule has 27 heavy (non-hydrogen) atoms. The highest BCUT2D eigenvalue weighted by Gasteiger charge is 2.27. The van der Waals surface area contributed by atoms with Gasteiger partial charge in [0.2, 0.25) is 11.9 Å². The van der Waals surface area contributed by atoms with Gasteiger partial charge in [-0.2, -0.15) is 0 Å². The Hall–Kier alpha value is -3.22. The predicted octanol–water partition coefficient (Wildman–Crippen LogP) is 2.97. The zero-order valence-electron chi connectivity index (χ0n) is 15.5. The van der Waals surface area contributed by atoms with E-state index in [4.69, 9.17) is 5.11 Å². The lowest BCUT2D eigenvalue weighted by molar-refractivity contribution is 0.0694. The lowest BCUT2D eigenvalue weighted by Crippen LogP contribution is -2.33. The summed E-state index contributed by atoms with van der Waals surface area (Å²) in [5.41, 5.74) is 4.77. The molecule has 1 aromatic carbocycles. The maximum atomic E-state index is 12.2. The average Bonchev–Trinajstić information content (AvgIpc) is 2.94. The number of anilines is 1. The van der Waals surface area contributed by atoms with E-state index >= 15 is 0 Å². The molecule has 4 rings (SSSR count). The number of aromatic carboxylic acids is 1. The van der Waals surface area contributed by atoms with E-state index in [2.05, 4.69) is 16.0 Å². The van der Waals surface area contributed by atoms with Crippen molar-refractivity contribution in [2.24, 2.45) is 0 Å². The summed E-state index contributed by atoms with van der Waals surface area (Å²) >= 11 is 0. The van der Waals surface area contributed by atoms with Gasteiger partial charge < -0.3 is 10.0 Å². The van der Waals surface area contributed by atoms with Crippen LogP contribution < -0.4 is 4.90 Å². The quantitative estimate of drug-likeness (QED) is 0.752. The monoisotopic (exact) mass is 364 g/mol. The van der Waals surface area contributed by atoms with Crippen LogP contribution >= 0.6 is 0 Å². The van der Waals surface area contributed by atoms with Gasteiger partial charge in [0, 0.05) is 49.3 Å². The Morgan fingerprint density at radius 2 is 2.00 bits per heavy atom. The van der Waals surface area contributed by atoms with Crippen molar-refractivity contribution >= 4 is 28.7 Å². The smallest absolute Gasteiger partial charge is 0.339 e. The van der Waals surface area contributed by atoms with Gasteiger partial charge in [0.25, 0.3) is 0 Å². The van der Waals surface area contributed by atoms with Gasteiger partial charge in [0.05, 0.1) is 16.8 Å². The number of aryl methyl sites for hydroxylation is 2. The maximum Gasteiger partial charge on any atom is 0.339 e. The van der Waals surface area contributed by atoms with E-state index in [0.29, 0.717) is 31.2 Å². The summed E-state index contributed by atoms with van der Waals surface area (Å²) in [4.78, 5) is 34.1. The zero-order valence-corrected chi connectivity index (χ0v) is 15.5. The Bertz CT molecular complexity index is 1100. The summed E-state index contributed by atoms with van der Waals surface area (Å²) in [5, 5.41) is 10.2. The van der Waals surface area contributed by atoms with E-state index in [1.54, 1.807) is 18.4 Å². The number of carboxylic acids is 1. The molecule has 0 atom stereocenters. The molecule has 1 N–H and O–H groups in total. The second-order valence-electron chi connectivity index (χ2n) is 6.95. The molecule has 1 aliphatic heterocycles. The Morgan fingerprint density at radius 1 is 1.22 bits per heavy atom. The third-order valence-corrected chi connectivity index (χ3v) is 5.10. The minimum atomic E-state index is -1.03. The Kier molecular flexibility index (Phi) is 3.95. The first-order chi connectivity index (χ1) is 12.9. The van der Waals surface area contributed by atoms with Crippen molar-refractivity contribution in [2.75, 3.05) is 11.4 Å². The van der Waals surface area contributed by atoms with Gasteiger partial charge in [-0.3, -0.25) is 9.36 Å². The van der Waals surface area contributed by atoms with Crippen LogP contribution in [0.2, 0.25) is 0 Å². The molecule has 0 saturated carbocycles. The predicted molar refractivity (Wildman–Crippen MR) is 101 cm³/mol. The Balaban J connectivity index is 1.79. The van der Waals surface area contributed by atoms with Crippen LogP contribution in [0.15, 0.2) is 24.4 Å². The summed E-state index contributed by atoms with van der Waals surface area (Å²) in [7, 11) is 0. The molecule has 0 saturated heterocycles. The highest BCUT2D eigenvalue weighted by molar-refractivity contribution is 5.96. The number of benzene rings is 1. The van der Waals surface area contributed by atoms with E-state index in [1.807, 2.05) is 24.0 Å². The van der Waals surface area contributed by atoms with Crippen molar-refractivity contribution in [1.29, 1.82) is 0 Å². The molecule has 7 heteroatoms. The van der Waals surface area contributed by atoms with Crippen LogP contribution in [0.5, 0.6) is 0 Å². The molecular formula is C20H20N4O3. The molecule has 2 aromatic heterocycles. The normalized spacial score (nSPS) is 13.7. The number of hydrogen-bond donors (Lipinski definition) is 1. The number of carboxylic acid groups (broad SMARTS) is 1. The molecule has 138 valence electrons. The third kappa shape index (κ3) is 2.75. The van der Waals surface area contributed by atoms with Crippen molar-refractivity contribution in [2.45, 2.75) is 33.7 Å². The van der Waals surface area contributed by atoms with Crippen LogP contribution in [-0.2, 0) is 13.0 Å². The molecule has 0 amide bonds. The van der Waals surface area contributed by atoms with Gasteiger partial charge in [0.1, 0.15) is 0 Å². The topological polar surface area (TPSA) is 88.3 Å². The first-order valence-corrected chi connectivity index (χ1v) is 8.82. The van der Waals surface area contributed by atoms with Gasteiger partial charge in [0.15, 0.2) is 0 Å². The van der Waals surface area contributed by atoms with Gasteiger partial charge in [-0.05, 0) is 26.0 Å². The van der Waals surface area contributed by atoms with Gasteiger partial charge >= 0.3 is 5.97 Å². The van der Waals surface area contributed by atoms with Crippen molar-refractivity contribution in [3.63, 3.8) is 0 Å². The van der Waals surface area contributed by atoms with Gasteiger partial charge in [-0.15, -0.1) is 0 Å². The lowest BCUT2D eigenvalue weighted by Gasteiger charge is -2.28. The second kappa shape index (κ2) is 6.19. The van der Waals surface area contributed by atoms with E-state index < -0.39 is 5.97 Å². The number of carbonyl (C=O) groups excluding carboxylic acids is 1. The molecule has 0 radical (unpaired) electrons. The summed E-state index contributed by atoms with van der Waals surface area (Å²) in [6, 6.07) is 6.12. The van der Waals surface area contributed by atoms with Crippen LogP contribution in [-0.4, -0.2) is 38.1 Å². The third-order valence-electron chi connectivity index (χ3n) is 5.10. The average molecular weight is 364 g/mol. The molecule has 0 unspecified atom stereocenters. The minimum absolute atomic E-state index is 0.0106. The Labute approximate surface area is 156 Å². The molecule has 0 aliphatic carbocycles. The van der Waals surface area contributed by atoms with Crippen LogP contribution in [0.3, 0.4) is 0 Å². The highest BCUT2D eigenvalue weighted by Crippen LogP contribution is 2.32. The number of nitrogens with zero attached hydrogens (tertiary/aromatic N) is 4. The number of aromatic nitrogens is 3. The number of fused-ring (bicyclic) bond motifs is 3. The SMILES string of the molecule is CC(=O)n1c2c(c3cc(C)ccc31)CN(c1ncc(C(=O)O)c(C)n1)CC2. The van der Waals surface area contributed by atoms with Crippen molar-refractivity contribution in [3.8, 4) is 0 Å². The highest BCUT2D eigenvalue weighted by atomic mass is 16.4. The summed E-state index contributed by atoms with van der Waals surface area (Å²) in [6.07, 6.45) is 2.06. The molecule has 0 fully saturated rings. The maximum absolute atomic E-state index is 12.2. The molecule has 3 heterocycles. The van der Waals surface area contributed by atoms with Crippen LogP contribution in [0, 0.1) is 13.8 Å². The minimum Gasteiger partial charge on any atom is -0.478 e. The van der Waals surface area contributed by atoms with E-state index in [9.17, 15) is 9.59 Å². The second-order valence-corrected chi connectivity index (χ2v) is 6.95. The van der Waals surface area contributed by atoms with E-state index in [1.165, 1.54) is 6.20 Å². The summed E-state index contributed by atoms with van der Waals surface area (Å²) in [5.74, 6) is -0.504. The van der Waals surface area contributed by atoms with Crippen molar-refractivity contribution in [1.82, 2.24) is 14.5 Å². The molecule has 3 aromatic rings. The lowest BCUT2D eigenvalue weighted by atomic mass is 10.0. The fourth-order valence-corrected chi connectivity index (χ4v) is 3.82. The van der Waals surface area contributed by atoms with Crippen molar-refractivity contribution < 1.29 is 14.7 Å². The number of hydrogen-bond acceptors (Lipinski definition) is 5. The molecule has 1 aliphatic rings. The van der Waals surface area contributed by atoms with Gasteiger partial charge in [-0.25, -0.2) is 14.8 Å². The first kappa shape index (κ1) is 17.2. The van der Waals surface area contributed by atoms with Crippen LogP contribution in [0.4, 0.5) is 5.95 Å². The van der Waals surface area contributed by atoms with Crippen LogP contribution in [0.25, 0.3) is 10.9 Å². The zero-order chi connectivity index (χ0) is 19.3. The van der Waals surface area contributed by atoms with E-state index in [0.717, 1.165) is 27.7 Å². The van der Waals surface area contributed by atoms with Gasteiger partial charge in [-0.1, -0.05) is 11.6 Å². The largest absolute Gasteiger partial charge is 0.478 e. The fraction of sp³-hybridized carbons (Fsp3) is 0.300. The molecule has 7 nitrogen and oxygen atoms in total. The number of rotatable bonds is 2. The molecular weight excluding hydrogens is 344 g/mol. The fourth-order valence-electron chi connectivity index (χ4n) is 3.82. The standard InChI is InChI=1S/C20H20N4O3/c1-11-4-5-17-14(8-11)16-10-23(7-6-18(16)24(17)13(3)25)20-21-9-15(19(26)27)12(2)22-20/h4-5,8-9H,6-7,10H2,1-3H3,(H,26,27). The number of carbonyl (C=O) groups is 2. The van der Waals surface area contributed by atoms with Crippen molar-refractivity contribution in [3.05, 3.63) is 52.5 Å². The summed E-state index contributed by atoms with van der Waals surface area (Å²) < 4.78 is 1.81. The Morgan fingerprint density at radius 3 is 2.67 bits per heavy atom. The van der Waals surface area contributed by atoms with E-state index in [-0.39, 0.29) is 11.5 Å². The van der Waals surface area contributed by atoms with Crippen LogP contribution in [0.1, 0.15) is 44.6 Å². The molecule has 0 bridgehead atoms. The summed E-state index contributed by atoms with van der Waals surface area (Å²) in [6.45, 7) is 6.55. The first-order valence-electron chi connectivity index (χ1n) is 8.82. The molecule has 0 spiro atoms.